The summed E-state index contributed by atoms with van der Waals surface area (Å²) in [6.45, 7) is 0.414. The van der Waals surface area contributed by atoms with Crippen molar-refractivity contribution in [1.29, 1.82) is 0 Å². The second-order valence-corrected chi connectivity index (χ2v) is 10.6. The Hall–Kier alpha value is -3.44. The van der Waals surface area contributed by atoms with Gasteiger partial charge >= 0.3 is 0 Å². The van der Waals surface area contributed by atoms with E-state index in [9.17, 15) is 13.2 Å². The summed E-state index contributed by atoms with van der Waals surface area (Å²) < 4.78 is 40.2. The molecule has 5 rings (SSSR count). The van der Waals surface area contributed by atoms with E-state index in [0.29, 0.717) is 21.8 Å². The lowest BCUT2D eigenvalue weighted by molar-refractivity contribution is -0.0256. The fourth-order valence-electron chi connectivity index (χ4n) is 4.16. The topological polar surface area (TPSA) is 128 Å². The number of halogens is 1. The minimum Gasteiger partial charge on any atom is -0.475 e. The first-order valence-corrected chi connectivity index (χ1v) is 13.0. The molecule has 0 aliphatic carbocycles. The predicted molar refractivity (Wildman–Crippen MR) is 135 cm³/mol. The van der Waals surface area contributed by atoms with E-state index in [1.165, 1.54) is 10.4 Å². The zero-order valence-electron chi connectivity index (χ0n) is 19.1. The van der Waals surface area contributed by atoms with Gasteiger partial charge in [-0.15, -0.1) is 0 Å². The second kappa shape index (κ2) is 9.90. The number of hydrogen-bond donors (Lipinski definition) is 2. The van der Waals surface area contributed by atoms with Crippen LogP contribution in [0.5, 0.6) is 5.88 Å². The van der Waals surface area contributed by atoms with Gasteiger partial charge < -0.3 is 20.2 Å². The van der Waals surface area contributed by atoms with E-state index < -0.39 is 22.0 Å². The average Bonchev–Trinajstić information content (AvgIpc) is 3.28. The lowest BCUT2D eigenvalue weighted by Gasteiger charge is -2.32. The number of aromatic nitrogens is 2. The van der Waals surface area contributed by atoms with Crippen molar-refractivity contribution in [2.75, 3.05) is 26.3 Å². The number of hydrogen-bond acceptors (Lipinski definition) is 6. The van der Waals surface area contributed by atoms with Crippen LogP contribution < -0.4 is 10.5 Å². The minimum absolute atomic E-state index is 0.0339. The first kappa shape index (κ1) is 24.3. The van der Waals surface area contributed by atoms with E-state index in [-0.39, 0.29) is 36.9 Å². The number of nitrogens with zero attached hydrogens (tertiary/aromatic N) is 2. The van der Waals surface area contributed by atoms with Crippen molar-refractivity contribution in [2.24, 2.45) is 5.73 Å². The molecule has 3 heterocycles. The largest absolute Gasteiger partial charge is 0.475 e. The summed E-state index contributed by atoms with van der Waals surface area (Å²) in [6, 6.07) is 19.9. The van der Waals surface area contributed by atoms with Crippen molar-refractivity contribution >= 4 is 38.4 Å². The number of carbonyl (C=O) groups excluding carboxylic acids is 1. The summed E-state index contributed by atoms with van der Waals surface area (Å²) in [5, 5.41) is 0.643. The van der Waals surface area contributed by atoms with Crippen molar-refractivity contribution in [1.82, 2.24) is 14.3 Å². The van der Waals surface area contributed by atoms with Gasteiger partial charge in [0, 0.05) is 40.6 Å². The van der Waals surface area contributed by atoms with Crippen molar-refractivity contribution in [3.8, 4) is 17.1 Å². The van der Waals surface area contributed by atoms with Crippen LogP contribution in [0, 0.1) is 0 Å². The smallest absolute Gasteiger partial charge is 0.266 e. The van der Waals surface area contributed by atoms with E-state index in [1.807, 2.05) is 42.5 Å². The number of carbonyl (C=O) groups is 1. The first-order valence-electron chi connectivity index (χ1n) is 11.2. The maximum absolute atomic E-state index is 13.7. The maximum atomic E-state index is 13.7. The molecular weight excluding hydrogens is 504 g/mol. The third-order valence-electron chi connectivity index (χ3n) is 5.87. The van der Waals surface area contributed by atoms with Crippen LogP contribution in [0.2, 0.25) is 5.02 Å². The zero-order chi connectivity index (χ0) is 25.3. The van der Waals surface area contributed by atoms with Gasteiger partial charge in [0.15, 0.2) is 0 Å². The van der Waals surface area contributed by atoms with Gasteiger partial charge in [-0.05, 0) is 24.3 Å². The summed E-state index contributed by atoms with van der Waals surface area (Å²) in [5.74, 6) is -0.472. The Kier molecular flexibility index (Phi) is 6.67. The van der Waals surface area contributed by atoms with Crippen LogP contribution in [-0.2, 0) is 14.8 Å². The average molecular weight is 527 g/mol. The van der Waals surface area contributed by atoms with Crippen LogP contribution in [-0.4, -0.2) is 61.0 Å². The molecule has 3 N–H and O–H groups in total. The van der Waals surface area contributed by atoms with Crippen molar-refractivity contribution in [3.05, 3.63) is 77.4 Å². The highest BCUT2D eigenvalue weighted by Gasteiger charge is 2.36. The fourth-order valence-corrected chi connectivity index (χ4v) is 6.13. The minimum atomic E-state index is -4.10. The Morgan fingerprint density at radius 1 is 1.17 bits per heavy atom. The van der Waals surface area contributed by atoms with E-state index in [1.54, 1.807) is 18.2 Å². The highest BCUT2D eigenvalue weighted by molar-refractivity contribution is 7.89. The van der Waals surface area contributed by atoms with E-state index in [2.05, 4.69) is 9.97 Å². The van der Waals surface area contributed by atoms with Gasteiger partial charge in [-0.1, -0.05) is 48.0 Å². The summed E-state index contributed by atoms with van der Waals surface area (Å²) in [6.07, 6.45) is -0.540. The van der Waals surface area contributed by atoms with E-state index >= 15 is 0 Å². The Morgan fingerprint density at radius 2 is 1.97 bits per heavy atom. The molecule has 2 aromatic carbocycles. The van der Waals surface area contributed by atoms with Crippen molar-refractivity contribution in [3.63, 3.8) is 0 Å². The summed E-state index contributed by atoms with van der Waals surface area (Å²) in [4.78, 5) is 19.2. The Morgan fingerprint density at radius 3 is 2.75 bits per heavy atom. The Labute approximate surface area is 212 Å². The number of pyridine rings is 1. The molecule has 1 aliphatic rings. The molecular formula is C25H23ClN4O5S. The van der Waals surface area contributed by atoms with Crippen LogP contribution in [0.25, 0.3) is 22.2 Å². The Bertz CT molecular complexity index is 1520. The van der Waals surface area contributed by atoms with Gasteiger partial charge in [-0.3, -0.25) is 4.79 Å². The standard InChI is InChI=1S/C25H23ClN4O5S/c26-17-9-10-21-19(13-17)24(23(29-21)25(27)31)36(32,33)30-11-12-34-18(14-30)15-35-22-8-4-7-20(28-22)16-5-2-1-3-6-16/h1-10,13,18,29H,11-12,14-15H2,(H2,27,31). The number of fused-ring (bicyclic) bond motifs is 1. The van der Waals surface area contributed by atoms with Crippen molar-refractivity contribution < 1.29 is 22.7 Å². The highest BCUT2D eigenvalue weighted by atomic mass is 35.5. The number of amides is 1. The molecule has 0 spiro atoms. The number of nitrogens with two attached hydrogens (primary N) is 1. The number of ether oxygens (including phenoxy) is 2. The Balaban J connectivity index is 1.35. The molecule has 2 aromatic heterocycles. The van der Waals surface area contributed by atoms with Gasteiger partial charge in [-0.2, -0.15) is 4.31 Å². The number of morpholine rings is 1. The van der Waals surface area contributed by atoms with Gasteiger partial charge in [0.05, 0.1) is 12.3 Å². The molecule has 1 saturated heterocycles. The molecule has 11 heteroatoms. The number of benzene rings is 2. The first-order chi connectivity index (χ1) is 17.3. The number of nitrogens with one attached hydrogen (secondary N) is 1. The molecule has 0 saturated carbocycles. The molecule has 1 fully saturated rings. The van der Waals surface area contributed by atoms with Gasteiger partial charge in [0.25, 0.3) is 5.91 Å². The molecule has 1 amide bonds. The van der Waals surface area contributed by atoms with Crippen LogP contribution >= 0.6 is 11.6 Å². The number of sulfonamides is 1. The van der Waals surface area contributed by atoms with Gasteiger partial charge in [-0.25, -0.2) is 13.4 Å². The second-order valence-electron chi connectivity index (χ2n) is 8.28. The van der Waals surface area contributed by atoms with Gasteiger partial charge in [0.1, 0.15) is 23.3 Å². The van der Waals surface area contributed by atoms with Crippen LogP contribution in [0.3, 0.4) is 0 Å². The van der Waals surface area contributed by atoms with Crippen molar-refractivity contribution in [2.45, 2.75) is 11.0 Å². The molecule has 9 nitrogen and oxygen atoms in total. The SMILES string of the molecule is NC(=O)c1[nH]c2ccc(Cl)cc2c1S(=O)(=O)N1CCOC(COc2cccc(-c3ccccc3)n2)C1. The molecule has 36 heavy (non-hydrogen) atoms. The maximum Gasteiger partial charge on any atom is 0.266 e. The molecule has 0 radical (unpaired) electrons. The monoisotopic (exact) mass is 526 g/mol. The summed E-state index contributed by atoms with van der Waals surface area (Å²) >= 11 is 6.11. The van der Waals surface area contributed by atoms with Crippen LogP contribution in [0.15, 0.2) is 71.6 Å². The fraction of sp³-hybridized carbons (Fsp3) is 0.200. The summed E-state index contributed by atoms with van der Waals surface area (Å²) in [5.41, 5.74) is 7.48. The number of rotatable bonds is 7. The molecule has 1 atom stereocenters. The van der Waals surface area contributed by atoms with E-state index in [4.69, 9.17) is 26.8 Å². The highest BCUT2D eigenvalue weighted by Crippen LogP contribution is 2.32. The molecule has 1 aliphatic heterocycles. The quantitative estimate of drug-likeness (QED) is 0.379. The number of primary amides is 1. The zero-order valence-corrected chi connectivity index (χ0v) is 20.6. The van der Waals surface area contributed by atoms with E-state index in [0.717, 1.165) is 11.3 Å². The predicted octanol–water partition coefficient (Wildman–Crippen LogP) is 3.45. The lowest BCUT2D eigenvalue weighted by Crippen LogP contribution is -2.47. The molecule has 186 valence electrons. The molecule has 1 unspecified atom stereocenters. The third-order valence-corrected chi connectivity index (χ3v) is 8.06. The number of H-pyrrole nitrogens is 1. The normalized spacial score (nSPS) is 16.8. The number of aromatic amines is 1. The third kappa shape index (κ3) is 4.80. The molecule has 0 bridgehead atoms. The van der Waals surface area contributed by atoms with Crippen LogP contribution in [0.4, 0.5) is 0 Å². The lowest BCUT2D eigenvalue weighted by atomic mass is 10.1. The van der Waals surface area contributed by atoms with Gasteiger partial charge in [0.2, 0.25) is 15.9 Å². The summed E-state index contributed by atoms with van der Waals surface area (Å²) in [7, 11) is -4.10. The van der Waals surface area contributed by atoms with Crippen LogP contribution in [0.1, 0.15) is 10.5 Å². The molecule has 4 aromatic rings.